The fourth-order valence-corrected chi connectivity index (χ4v) is 1.63. The molecule has 0 fully saturated rings. The first-order valence-electron chi connectivity index (χ1n) is 6.77. The van der Waals surface area contributed by atoms with Crippen LogP contribution in [0.2, 0.25) is 0 Å². The largest absolute Gasteiger partial charge is 0.504 e. The van der Waals surface area contributed by atoms with Gasteiger partial charge in [-0.05, 0) is 30.5 Å². The van der Waals surface area contributed by atoms with Crippen molar-refractivity contribution >= 4 is 5.91 Å². The van der Waals surface area contributed by atoms with Crippen molar-refractivity contribution in [2.75, 3.05) is 26.9 Å². The quantitative estimate of drug-likeness (QED) is 0.717. The molecule has 1 aromatic carbocycles. The number of rotatable bonds is 8. The lowest BCUT2D eigenvalue weighted by molar-refractivity contribution is 0.0924. The van der Waals surface area contributed by atoms with E-state index in [1.165, 1.54) is 13.2 Å². The Kier molecular flexibility index (Phi) is 6.87. The lowest BCUT2D eigenvalue weighted by atomic mass is 10.2. The van der Waals surface area contributed by atoms with Crippen molar-refractivity contribution in [3.05, 3.63) is 23.8 Å². The second-order valence-electron chi connectivity index (χ2n) is 4.96. The minimum atomic E-state index is -0.216. The third kappa shape index (κ3) is 5.48. The summed E-state index contributed by atoms with van der Waals surface area (Å²) in [5, 5.41) is 12.4. The van der Waals surface area contributed by atoms with Crippen LogP contribution in [-0.4, -0.2) is 37.9 Å². The fourth-order valence-electron chi connectivity index (χ4n) is 1.63. The average Bonchev–Trinajstić information content (AvgIpc) is 2.42. The number of carbonyl (C=O) groups excluding carboxylic acids is 1. The Bertz CT molecular complexity index is 432. The summed E-state index contributed by atoms with van der Waals surface area (Å²) in [5.41, 5.74) is 0.409. The number of hydrogen-bond acceptors (Lipinski definition) is 4. The molecule has 0 radical (unpaired) electrons. The summed E-state index contributed by atoms with van der Waals surface area (Å²) in [6, 6.07) is 4.57. The minimum absolute atomic E-state index is 0.0413. The zero-order chi connectivity index (χ0) is 15.0. The first-order valence-corrected chi connectivity index (χ1v) is 6.77. The van der Waals surface area contributed by atoms with Crippen LogP contribution in [-0.2, 0) is 4.74 Å². The molecule has 0 unspecified atom stereocenters. The number of hydrogen-bond donors (Lipinski definition) is 2. The molecule has 2 N–H and O–H groups in total. The predicted molar refractivity (Wildman–Crippen MR) is 77.3 cm³/mol. The number of phenols is 1. The van der Waals surface area contributed by atoms with Gasteiger partial charge in [0.25, 0.3) is 5.91 Å². The zero-order valence-electron chi connectivity index (χ0n) is 12.3. The summed E-state index contributed by atoms with van der Waals surface area (Å²) in [5.74, 6) is 0.614. The molecule has 0 aliphatic rings. The van der Waals surface area contributed by atoms with Crippen LogP contribution >= 0.6 is 0 Å². The molecule has 1 rings (SSSR count). The summed E-state index contributed by atoms with van der Waals surface area (Å²) in [6.45, 7) is 6.10. The molecule has 112 valence electrons. The van der Waals surface area contributed by atoms with E-state index in [0.29, 0.717) is 30.4 Å². The summed E-state index contributed by atoms with van der Waals surface area (Å²) in [7, 11) is 1.46. The van der Waals surface area contributed by atoms with E-state index in [0.717, 1.165) is 13.0 Å². The maximum atomic E-state index is 11.8. The second-order valence-corrected chi connectivity index (χ2v) is 4.96. The first-order chi connectivity index (χ1) is 9.54. The molecule has 0 atom stereocenters. The molecule has 0 bridgehead atoms. The van der Waals surface area contributed by atoms with Gasteiger partial charge in [-0.3, -0.25) is 4.79 Å². The van der Waals surface area contributed by atoms with Gasteiger partial charge in [0.2, 0.25) is 0 Å². The van der Waals surface area contributed by atoms with E-state index in [2.05, 4.69) is 19.2 Å². The van der Waals surface area contributed by atoms with Crippen molar-refractivity contribution in [3.8, 4) is 11.5 Å². The highest BCUT2D eigenvalue weighted by Crippen LogP contribution is 2.25. The van der Waals surface area contributed by atoms with Crippen LogP contribution in [0.15, 0.2) is 18.2 Å². The van der Waals surface area contributed by atoms with Crippen molar-refractivity contribution < 1.29 is 19.4 Å². The van der Waals surface area contributed by atoms with Gasteiger partial charge >= 0.3 is 0 Å². The number of benzene rings is 1. The van der Waals surface area contributed by atoms with Crippen LogP contribution in [0, 0.1) is 5.92 Å². The van der Waals surface area contributed by atoms with Crippen LogP contribution in [0.5, 0.6) is 11.5 Å². The van der Waals surface area contributed by atoms with Gasteiger partial charge in [0, 0.05) is 25.3 Å². The van der Waals surface area contributed by atoms with E-state index in [1.807, 2.05) is 0 Å². The van der Waals surface area contributed by atoms with E-state index in [9.17, 15) is 9.90 Å². The molecule has 0 heterocycles. The van der Waals surface area contributed by atoms with Crippen LogP contribution < -0.4 is 10.1 Å². The number of methoxy groups -OCH3 is 1. The Morgan fingerprint density at radius 3 is 2.75 bits per heavy atom. The standard InChI is InChI=1S/C15H23NO4/c1-11(2)10-20-8-4-7-16-15(18)12-5-6-14(19-3)13(17)9-12/h5-6,9,11,17H,4,7-8,10H2,1-3H3,(H,16,18). The van der Waals surface area contributed by atoms with Gasteiger partial charge in [-0.2, -0.15) is 0 Å². The highest BCUT2D eigenvalue weighted by atomic mass is 16.5. The van der Waals surface area contributed by atoms with Crippen molar-refractivity contribution in [2.24, 2.45) is 5.92 Å². The summed E-state index contributed by atoms with van der Waals surface area (Å²) >= 11 is 0. The highest BCUT2D eigenvalue weighted by Gasteiger charge is 2.08. The number of aromatic hydroxyl groups is 1. The maximum absolute atomic E-state index is 11.8. The van der Waals surface area contributed by atoms with Gasteiger partial charge in [0.15, 0.2) is 11.5 Å². The van der Waals surface area contributed by atoms with E-state index in [-0.39, 0.29) is 11.7 Å². The number of nitrogens with one attached hydrogen (secondary N) is 1. The molecule has 1 amide bonds. The molecule has 20 heavy (non-hydrogen) atoms. The maximum Gasteiger partial charge on any atom is 0.251 e. The number of amides is 1. The van der Waals surface area contributed by atoms with Crippen molar-refractivity contribution in [1.29, 1.82) is 0 Å². The number of ether oxygens (including phenoxy) is 2. The normalized spacial score (nSPS) is 10.6. The Balaban J connectivity index is 2.31. The molecule has 5 nitrogen and oxygen atoms in total. The van der Waals surface area contributed by atoms with Crippen molar-refractivity contribution in [3.63, 3.8) is 0 Å². The molecule has 0 spiro atoms. The molecular weight excluding hydrogens is 258 g/mol. The Hall–Kier alpha value is -1.75. The van der Waals surface area contributed by atoms with E-state index >= 15 is 0 Å². The van der Waals surface area contributed by atoms with Crippen LogP contribution in [0.25, 0.3) is 0 Å². The zero-order valence-corrected chi connectivity index (χ0v) is 12.3. The third-order valence-corrected chi connectivity index (χ3v) is 2.64. The van der Waals surface area contributed by atoms with Crippen molar-refractivity contribution in [1.82, 2.24) is 5.32 Å². The lowest BCUT2D eigenvalue weighted by Crippen LogP contribution is -2.25. The monoisotopic (exact) mass is 281 g/mol. The van der Waals surface area contributed by atoms with E-state index in [4.69, 9.17) is 9.47 Å². The van der Waals surface area contributed by atoms with Gasteiger partial charge in [0.1, 0.15) is 0 Å². The Morgan fingerprint density at radius 2 is 2.15 bits per heavy atom. The Labute approximate surface area is 119 Å². The smallest absolute Gasteiger partial charge is 0.251 e. The van der Waals surface area contributed by atoms with Crippen LogP contribution in [0.3, 0.4) is 0 Å². The van der Waals surface area contributed by atoms with Gasteiger partial charge in [0.05, 0.1) is 7.11 Å². The van der Waals surface area contributed by atoms with Gasteiger partial charge in [-0.25, -0.2) is 0 Å². The highest BCUT2D eigenvalue weighted by molar-refractivity contribution is 5.94. The van der Waals surface area contributed by atoms with Crippen LogP contribution in [0.1, 0.15) is 30.6 Å². The lowest BCUT2D eigenvalue weighted by Gasteiger charge is -2.09. The predicted octanol–water partition coefficient (Wildman–Crippen LogP) is 2.19. The van der Waals surface area contributed by atoms with Crippen molar-refractivity contribution in [2.45, 2.75) is 20.3 Å². The summed E-state index contributed by atoms with van der Waals surface area (Å²) < 4.78 is 10.4. The molecule has 0 aliphatic heterocycles. The molecule has 0 aliphatic carbocycles. The van der Waals surface area contributed by atoms with Crippen LogP contribution in [0.4, 0.5) is 0 Å². The molecule has 0 saturated heterocycles. The third-order valence-electron chi connectivity index (χ3n) is 2.64. The molecular formula is C15H23NO4. The van der Waals surface area contributed by atoms with E-state index in [1.54, 1.807) is 12.1 Å². The molecule has 0 aromatic heterocycles. The molecule has 5 heteroatoms. The topological polar surface area (TPSA) is 67.8 Å². The number of phenolic OH excluding ortho intramolecular Hbond substituents is 1. The first kappa shape index (κ1) is 16.3. The van der Waals surface area contributed by atoms with Gasteiger partial charge in [-0.1, -0.05) is 13.8 Å². The van der Waals surface area contributed by atoms with Gasteiger partial charge in [-0.15, -0.1) is 0 Å². The molecule has 1 aromatic rings. The average molecular weight is 281 g/mol. The SMILES string of the molecule is COc1ccc(C(=O)NCCCOCC(C)C)cc1O. The second kappa shape index (κ2) is 8.43. The minimum Gasteiger partial charge on any atom is -0.504 e. The van der Waals surface area contributed by atoms with Gasteiger partial charge < -0.3 is 19.9 Å². The summed E-state index contributed by atoms with van der Waals surface area (Å²) in [4.78, 5) is 11.8. The molecule has 0 saturated carbocycles. The number of carbonyl (C=O) groups is 1. The fraction of sp³-hybridized carbons (Fsp3) is 0.533. The van der Waals surface area contributed by atoms with E-state index < -0.39 is 0 Å². The Morgan fingerprint density at radius 1 is 1.40 bits per heavy atom. The summed E-state index contributed by atoms with van der Waals surface area (Å²) in [6.07, 6.45) is 0.764.